The number of carbonyl (C=O) groups is 1. The predicted molar refractivity (Wildman–Crippen MR) is 107 cm³/mol. The molecule has 0 fully saturated rings. The number of aryl methyl sites for hydroxylation is 2. The van der Waals surface area contributed by atoms with E-state index in [9.17, 15) is 14.0 Å². The van der Waals surface area contributed by atoms with Gasteiger partial charge in [-0.3, -0.25) is 14.2 Å². The van der Waals surface area contributed by atoms with Crippen LogP contribution in [0.5, 0.6) is 0 Å². The van der Waals surface area contributed by atoms with E-state index in [0.29, 0.717) is 33.5 Å². The number of rotatable bonds is 5. The largest absolute Gasteiger partial charge is 0.360 e. The van der Waals surface area contributed by atoms with Crippen LogP contribution >= 0.6 is 11.8 Å². The van der Waals surface area contributed by atoms with Crippen LogP contribution in [-0.4, -0.2) is 31.4 Å². The third-order valence-corrected chi connectivity index (χ3v) is 5.01. The summed E-state index contributed by atoms with van der Waals surface area (Å²) in [4.78, 5) is 32.8. The SMILES string of the molecule is Cc1cc2nc(SCC(=O)Nc3cc(C)on3)n(-c3ccc(F)cc3)c(=O)c2[nH]1. The van der Waals surface area contributed by atoms with Crippen LogP contribution in [0, 0.1) is 19.7 Å². The normalized spacial score (nSPS) is 11.1. The Morgan fingerprint density at radius 2 is 2.03 bits per heavy atom. The Balaban J connectivity index is 1.68. The van der Waals surface area contributed by atoms with Gasteiger partial charge in [0.2, 0.25) is 5.91 Å². The first-order chi connectivity index (χ1) is 13.9. The minimum absolute atomic E-state index is 0.00550. The Labute approximate surface area is 168 Å². The molecule has 0 bridgehead atoms. The van der Waals surface area contributed by atoms with Crippen LogP contribution in [0.4, 0.5) is 10.2 Å². The molecule has 0 unspecified atom stereocenters. The van der Waals surface area contributed by atoms with Gasteiger partial charge < -0.3 is 14.8 Å². The van der Waals surface area contributed by atoms with Crippen LogP contribution < -0.4 is 10.9 Å². The van der Waals surface area contributed by atoms with E-state index in [1.165, 1.54) is 28.8 Å². The average Bonchev–Trinajstić information content (AvgIpc) is 3.26. The lowest BCUT2D eigenvalue weighted by molar-refractivity contribution is -0.113. The van der Waals surface area contributed by atoms with Crippen LogP contribution in [-0.2, 0) is 4.79 Å². The van der Waals surface area contributed by atoms with E-state index in [0.717, 1.165) is 17.5 Å². The number of amides is 1. The standard InChI is InChI=1S/C19H16FN5O3S/c1-10-7-14-17(21-10)18(27)25(13-5-3-12(20)4-6-13)19(22-14)29-9-16(26)23-15-8-11(2)28-24-15/h3-8,21H,9H2,1-2H3,(H,23,24,26). The molecule has 4 aromatic rings. The number of hydrogen-bond donors (Lipinski definition) is 2. The molecular formula is C19H16FN5O3S. The zero-order valence-corrected chi connectivity index (χ0v) is 16.3. The molecule has 10 heteroatoms. The van der Waals surface area contributed by atoms with E-state index >= 15 is 0 Å². The van der Waals surface area contributed by atoms with Crippen LogP contribution in [0.1, 0.15) is 11.5 Å². The van der Waals surface area contributed by atoms with Crippen LogP contribution in [0.15, 0.2) is 50.9 Å². The third-order valence-electron chi connectivity index (χ3n) is 4.07. The van der Waals surface area contributed by atoms with Crippen molar-refractivity contribution in [2.75, 3.05) is 11.1 Å². The minimum Gasteiger partial charge on any atom is -0.360 e. The van der Waals surface area contributed by atoms with E-state index < -0.39 is 5.82 Å². The lowest BCUT2D eigenvalue weighted by Crippen LogP contribution is -2.23. The van der Waals surface area contributed by atoms with E-state index in [1.807, 2.05) is 6.92 Å². The van der Waals surface area contributed by atoms with Gasteiger partial charge in [0, 0.05) is 11.8 Å². The maximum atomic E-state index is 13.3. The summed E-state index contributed by atoms with van der Waals surface area (Å²) >= 11 is 1.09. The van der Waals surface area contributed by atoms with Crippen LogP contribution in [0.25, 0.3) is 16.7 Å². The average molecular weight is 413 g/mol. The van der Waals surface area contributed by atoms with Gasteiger partial charge in [-0.15, -0.1) is 0 Å². The molecule has 1 amide bonds. The second kappa shape index (κ2) is 7.55. The third kappa shape index (κ3) is 3.92. The number of fused-ring (bicyclic) bond motifs is 1. The number of aromatic amines is 1. The summed E-state index contributed by atoms with van der Waals surface area (Å²) in [7, 11) is 0. The Kier molecular flexibility index (Phi) is 4.93. The molecule has 0 spiro atoms. The summed E-state index contributed by atoms with van der Waals surface area (Å²) in [6.45, 7) is 3.54. The number of anilines is 1. The lowest BCUT2D eigenvalue weighted by Gasteiger charge is -2.12. The fourth-order valence-electron chi connectivity index (χ4n) is 2.83. The van der Waals surface area contributed by atoms with Gasteiger partial charge in [0.1, 0.15) is 17.1 Å². The minimum atomic E-state index is -0.414. The lowest BCUT2D eigenvalue weighted by atomic mass is 10.3. The van der Waals surface area contributed by atoms with Gasteiger partial charge in [0.15, 0.2) is 11.0 Å². The molecule has 0 aliphatic rings. The first kappa shape index (κ1) is 18.9. The van der Waals surface area contributed by atoms with Gasteiger partial charge in [-0.1, -0.05) is 16.9 Å². The van der Waals surface area contributed by atoms with E-state index in [1.54, 1.807) is 19.1 Å². The number of thioether (sulfide) groups is 1. The van der Waals surface area contributed by atoms with Crippen molar-refractivity contribution in [3.8, 4) is 5.69 Å². The number of aromatic nitrogens is 4. The number of nitrogens with zero attached hydrogens (tertiary/aromatic N) is 3. The topological polar surface area (TPSA) is 106 Å². The molecule has 0 radical (unpaired) electrons. The number of H-pyrrole nitrogens is 1. The molecule has 4 rings (SSSR count). The van der Waals surface area contributed by atoms with Crippen molar-refractivity contribution in [1.82, 2.24) is 19.7 Å². The van der Waals surface area contributed by atoms with Crippen molar-refractivity contribution in [1.29, 1.82) is 0 Å². The second-order valence-corrected chi connectivity index (χ2v) is 7.33. The number of carbonyl (C=O) groups excluding carboxylic acids is 1. The molecular weight excluding hydrogens is 397 g/mol. The van der Waals surface area contributed by atoms with Gasteiger partial charge in [-0.25, -0.2) is 9.37 Å². The van der Waals surface area contributed by atoms with Gasteiger partial charge >= 0.3 is 0 Å². The van der Waals surface area contributed by atoms with Gasteiger partial charge in [0.05, 0.1) is 17.0 Å². The smallest absolute Gasteiger partial charge is 0.283 e. The number of benzene rings is 1. The summed E-state index contributed by atoms with van der Waals surface area (Å²) in [5, 5.41) is 6.65. The van der Waals surface area contributed by atoms with Crippen molar-refractivity contribution in [2.24, 2.45) is 0 Å². The molecule has 29 heavy (non-hydrogen) atoms. The molecule has 148 valence electrons. The van der Waals surface area contributed by atoms with Gasteiger partial charge in [-0.05, 0) is 44.2 Å². The Hall–Kier alpha value is -3.40. The van der Waals surface area contributed by atoms with Crippen molar-refractivity contribution in [2.45, 2.75) is 19.0 Å². The van der Waals surface area contributed by atoms with Crippen molar-refractivity contribution >= 4 is 34.5 Å². The molecule has 0 aliphatic carbocycles. The molecule has 2 N–H and O–H groups in total. The van der Waals surface area contributed by atoms with Crippen molar-refractivity contribution in [3.63, 3.8) is 0 Å². The zero-order chi connectivity index (χ0) is 20.5. The number of hydrogen-bond acceptors (Lipinski definition) is 6. The molecule has 0 aliphatic heterocycles. The molecule has 0 saturated carbocycles. The van der Waals surface area contributed by atoms with Crippen molar-refractivity contribution in [3.05, 3.63) is 64.0 Å². The maximum absolute atomic E-state index is 13.3. The summed E-state index contributed by atoms with van der Waals surface area (Å²) in [6.07, 6.45) is 0. The summed E-state index contributed by atoms with van der Waals surface area (Å²) in [5.74, 6) is 0.146. The van der Waals surface area contributed by atoms with Gasteiger partial charge in [-0.2, -0.15) is 0 Å². The van der Waals surface area contributed by atoms with Gasteiger partial charge in [0.25, 0.3) is 5.56 Å². The quantitative estimate of drug-likeness (QED) is 0.385. The summed E-state index contributed by atoms with van der Waals surface area (Å²) in [6, 6.07) is 8.86. The first-order valence-corrected chi connectivity index (χ1v) is 9.63. The maximum Gasteiger partial charge on any atom is 0.283 e. The predicted octanol–water partition coefficient (Wildman–Crippen LogP) is 3.19. The highest BCUT2D eigenvalue weighted by Crippen LogP contribution is 2.22. The second-order valence-electron chi connectivity index (χ2n) is 6.38. The summed E-state index contributed by atoms with van der Waals surface area (Å²) in [5.41, 5.74) is 1.76. The van der Waals surface area contributed by atoms with Crippen LogP contribution in [0.2, 0.25) is 0 Å². The zero-order valence-electron chi connectivity index (χ0n) is 15.5. The van der Waals surface area contributed by atoms with E-state index in [-0.39, 0.29) is 17.2 Å². The monoisotopic (exact) mass is 413 g/mol. The molecule has 3 heterocycles. The highest BCUT2D eigenvalue weighted by molar-refractivity contribution is 7.99. The Morgan fingerprint density at radius 1 is 1.28 bits per heavy atom. The van der Waals surface area contributed by atoms with E-state index in [4.69, 9.17) is 4.52 Å². The molecule has 0 saturated heterocycles. The highest BCUT2D eigenvalue weighted by Gasteiger charge is 2.17. The molecule has 3 aromatic heterocycles. The van der Waals surface area contributed by atoms with Crippen molar-refractivity contribution < 1.29 is 13.7 Å². The molecule has 1 aromatic carbocycles. The first-order valence-electron chi connectivity index (χ1n) is 8.65. The fraction of sp³-hybridized carbons (Fsp3) is 0.158. The highest BCUT2D eigenvalue weighted by atomic mass is 32.2. The molecule has 8 nitrogen and oxygen atoms in total. The number of halogens is 1. The van der Waals surface area contributed by atoms with Crippen LogP contribution in [0.3, 0.4) is 0 Å². The summed E-state index contributed by atoms with van der Waals surface area (Å²) < 4.78 is 19.6. The number of nitrogens with one attached hydrogen (secondary N) is 2. The Morgan fingerprint density at radius 3 is 2.72 bits per heavy atom. The van der Waals surface area contributed by atoms with E-state index in [2.05, 4.69) is 20.4 Å². The fourth-order valence-corrected chi connectivity index (χ4v) is 3.64. The molecule has 0 atom stereocenters. The Bertz CT molecular complexity index is 1260.